The summed E-state index contributed by atoms with van der Waals surface area (Å²) in [5.74, 6) is -0.800. The van der Waals surface area contributed by atoms with Crippen molar-refractivity contribution < 1.29 is 9.90 Å². The molecule has 1 aliphatic heterocycles. The van der Waals surface area contributed by atoms with E-state index in [1.54, 1.807) is 6.20 Å². The Balaban J connectivity index is 1.96. The zero-order valence-corrected chi connectivity index (χ0v) is 12.7. The number of nitrogens with zero attached hydrogens (tertiary/aromatic N) is 4. The minimum atomic E-state index is -0.824. The van der Waals surface area contributed by atoms with E-state index in [0.29, 0.717) is 6.04 Å². The number of pyridine rings is 1. The van der Waals surface area contributed by atoms with Crippen molar-refractivity contribution in [3.05, 3.63) is 18.3 Å². The van der Waals surface area contributed by atoms with Gasteiger partial charge in [-0.05, 0) is 45.1 Å². The lowest BCUT2D eigenvalue weighted by Gasteiger charge is -2.30. The molecule has 21 heavy (non-hydrogen) atoms. The van der Waals surface area contributed by atoms with Crippen LogP contribution in [0.3, 0.4) is 0 Å². The number of aromatic nitrogens is 3. The maximum Gasteiger partial charge on any atom is 0.313 e. The van der Waals surface area contributed by atoms with Crippen molar-refractivity contribution >= 4 is 28.9 Å². The summed E-state index contributed by atoms with van der Waals surface area (Å²) < 4.78 is 2.13. The highest BCUT2D eigenvalue weighted by molar-refractivity contribution is 7.99. The minimum absolute atomic E-state index is 0.0238. The first-order chi connectivity index (χ1) is 10.1. The molecule has 0 unspecified atom stereocenters. The molecule has 3 rings (SSSR count). The molecule has 6 nitrogen and oxygen atoms in total. The molecule has 0 spiro atoms. The number of hydrogen-bond donors (Lipinski definition) is 1. The first-order valence-corrected chi connectivity index (χ1v) is 8.00. The monoisotopic (exact) mass is 306 g/mol. The molecule has 0 bridgehead atoms. The number of thioether (sulfide) groups is 1. The van der Waals surface area contributed by atoms with Gasteiger partial charge in [-0.15, -0.1) is 0 Å². The van der Waals surface area contributed by atoms with Gasteiger partial charge in [0, 0.05) is 12.2 Å². The average molecular weight is 306 g/mol. The molecule has 0 amide bonds. The van der Waals surface area contributed by atoms with Crippen molar-refractivity contribution in [1.82, 2.24) is 19.4 Å². The third-order valence-electron chi connectivity index (χ3n) is 3.79. The van der Waals surface area contributed by atoms with Crippen LogP contribution < -0.4 is 0 Å². The molecular formula is C14H18N4O2S. The molecule has 1 aliphatic rings. The fourth-order valence-electron chi connectivity index (χ4n) is 2.72. The first-order valence-electron chi connectivity index (χ1n) is 7.01. The second-order valence-corrected chi connectivity index (χ2v) is 6.27. The van der Waals surface area contributed by atoms with Gasteiger partial charge in [0.2, 0.25) is 0 Å². The van der Waals surface area contributed by atoms with E-state index in [0.717, 1.165) is 42.3 Å². The molecule has 1 fully saturated rings. The molecule has 2 aromatic rings. The number of imidazole rings is 1. The summed E-state index contributed by atoms with van der Waals surface area (Å²) in [5.41, 5.74) is 1.70. The molecule has 0 aromatic carbocycles. The van der Waals surface area contributed by atoms with Crippen LogP contribution in [0.1, 0.15) is 18.9 Å². The van der Waals surface area contributed by atoms with Crippen molar-refractivity contribution in [2.24, 2.45) is 0 Å². The Kier molecular flexibility index (Phi) is 4.12. The van der Waals surface area contributed by atoms with Gasteiger partial charge in [0.25, 0.3) is 0 Å². The fraction of sp³-hybridized carbons (Fsp3) is 0.500. The van der Waals surface area contributed by atoms with Crippen LogP contribution in [0.15, 0.2) is 23.5 Å². The predicted octanol–water partition coefficient (Wildman–Crippen LogP) is 1.87. The molecule has 1 saturated heterocycles. The summed E-state index contributed by atoms with van der Waals surface area (Å²) in [7, 11) is 2.13. The maximum absolute atomic E-state index is 10.8. The Bertz CT molecular complexity index is 649. The number of aliphatic carboxylic acids is 1. The van der Waals surface area contributed by atoms with E-state index in [4.69, 9.17) is 5.11 Å². The third kappa shape index (κ3) is 3.03. The Hall–Kier alpha value is -1.60. The SMILES string of the molecule is CN1CCC(n2c(SCC(=O)O)nc3cccnc32)CC1. The number of carboxylic acids is 1. The van der Waals surface area contributed by atoms with Crippen molar-refractivity contribution in [1.29, 1.82) is 0 Å². The standard InChI is InChI=1S/C14H18N4O2S/c1-17-7-4-10(5-8-17)18-13-11(3-2-6-15-13)16-14(18)21-9-12(19)20/h2-3,6,10H,4-5,7-9H2,1H3,(H,19,20). The summed E-state index contributed by atoms with van der Waals surface area (Å²) in [5, 5.41) is 9.67. The van der Waals surface area contributed by atoms with Crippen LogP contribution in [0.25, 0.3) is 11.2 Å². The van der Waals surface area contributed by atoms with Gasteiger partial charge >= 0.3 is 5.97 Å². The second-order valence-electron chi connectivity index (χ2n) is 5.33. The number of hydrogen-bond acceptors (Lipinski definition) is 5. The topological polar surface area (TPSA) is 71.2 Å². The normalized spacial score (nSPS) is 17.4. The highest BCUT2D eigenvalue weighted by atomic mass is 32.2. The molecule has 0 aliphatic carbocycles. The Labute approximate surface area is 127 Å². The third-order valence-corrected chi connectivity index (χ3v) is 4.73. The van der Waals surface area contributed by atoms with E-state index in [9.17, 15) is 4.79 Å². The highest BCUT2D eigenvalue weighted by Crippen LogP contribution is 2.31. The smallest absolute Gasteiger partial charge is 0.313 e. The molecule has 7 heteroatoms. The van der Waals surface area contributed by atoms with Gasteiger partial charge in [-0.3, -0.25) is 4.79 Å². The molecule has 0 atom stereocenters. The van der Waals surface area contributed by atoms with Crippen LogP contribution in [0.2, 0.25) is 0 Å². The fourth-order valence-corrected chi connectivity index (χ4v) is 3.51. The second kappa shape index (κ2) is 6.03. The van der Waals surface area contributed by atoms with Gasteiger partial charge in [0.1, 0.15) is 5.52 Å². The van der Waals surface area contributed by atoms with Crippen LogP contribution in [0.5, 0.6) is 0 Å². The lowest BCUT2D eigenvalue weighted by atomic mass is 10.1. The van der Waals surface area contributed by atoms with Gasteiger partial charge in [-0.25, -0.2) is 9.97 Å². The van der Waals surface area contributed by atoms with E-state index in [1.807, 2.05) is 12.1 Å². The van der Waals surface area contributed by atoms with Crippen LogP contribution in [0.4, 0.5) is 0 Å². The predicted molar refractivity (Wildman–Crippen MR) is 81.7 cm³/mol. The van der Waals surface area contributed by atoms with Crippen LogP contribution in [0, 0.1) is 0 Å². The van der Waals surface area contributed by atoms with Gasteiger partial charge in [-0.1, -0.05) is 11.8 Å². The molecule has 0 saturated carbocycles. The summed E-state index contributed by atoms with van der Waals surface area (Å²) >= 11 is 1.27. The number of fused-ring (bicyclic) bond motifs is 1. The van der Waals surface area contributed by atoms with E-state index in [-0.39, 0.29) is 5.75 Å². The average Bonchev–Trinajstić information content (AvgIpc) is 2.84. The summed E-state index contributed by atoms with van der Waals surface area (Å²) in [6.45, 7) is 2.08. The molecule has 1 N–H and O–H groups in total. The Morgan fingerprint density at radius 3 is 2.95 bits per heavy atom. The Morgan fingerprint density at radius 2 is 2.24 bits per heavy atom. The van der Waals surface area contributed by atoms with Crippen molar-refractivity contribution in [3.8, 4) is 0 Å². The summed E-state index contributed by atoms with van der Waals surface area (Å²) in [6.07, 6.45) is 3.85. The van der Waals surface area contributed by atoms with E-state index in [2.05, 4.69) is 26.5 Å². The van der Waals surface area contributed by atoms with E-state index < -0.39 is 5.97 Å². The molecule has 2 aromatic heterocycles. The first kappa shape index (κ1) is 14.3. The van der Waals surface area contributed by atoms with Crippen molar-refractivity contribution in [3.63, 3.8) is 0 Å². The van der Waals surface area contributed by atoms with E-state index in [1.165, 1.54) is 11.8 Å². The van der Waals surface area contributed by atoms with Crippen molar-refractivity contribution in [2.45, 2.75) is 24.0 Å². The van der Waals surface area contributed by atoms with Gasteiger partial charge in [0.05, 0.1) is 5.75 Å². The number of rotatable bonds is 4. The number of carbonyl (C=O) groups is 1. The molecule has 0 radical (unpaired) electrons. The molecule has 3 heterocycles. The molecular weight excluding hydrogens is 288 g/mol. The Morgan fingerprint density at radius 1 is 1.48 bits per heavy atom. The summed E-state index contributed by atoms with van der Waals surface area (Å²) in [4.78, 5) is 22.2. The highest BCUT2D eigenvalue weighted by Gasteiger charge is 2.24. The number of carboxylic acid groups (broad SMARTS) is 1. The molecule has 112 valence electrons. The van der Waals surface area contributed by atoms with Gasteiger partial charge in [0.15, 0.2) is 10.8 Å². The van der Waals surface area contributed by atoms with Gasteiger partial charge in [-0.2, -0.15) is 0 Å². The van der Waals surface area contributed by atoms with Crippen LogP contribution in [-0.4, -0.2) is 56.4 Å². The van der Waals surface area contributed by atoms with Gasteiger partial charge < -0.3 is 14.6 Å². The quantitative estimate of drug-likeness (QED) is 0.870. The van der Waals surface area contributed by atoms with Crippen LogP contribution >= 0.6 is 11.8 Å². The number of likely N-dealkylation sites (tertiary alicyclic amines) is 1. The maximum atomic E-state index is 10.8. The van der Waals surface area contributed by atoms with Crippen LogP contribution in [-0.2, 0) is 4.79 Å². The minimum Gasteiger partial charge on any atom is -0.481 e. The van der Waals surface area contributed by atoms with E-state index >= 15 is 0 Å². The lowest BCUT2D eigenvalue weighted by molar-refractivity contribution is -0.133. The number of piperidine rings is 1. The summed E-state index contributed by atoms with van der Waals surface area (Å²) in [6, 6.07) is 4.14. The lowest BCUT2D eigenvalue weighted by Crippen LogP contribution is -2.31. The van der Waals surface area contributed by atoms with Crippen molar-refractivity contribution in [2.75, 3.05) is 25.9 Å². The zero-order valence-electron chi connectivity index (χ0n) is 11.9. The zero-order chi connectivity index (χ0) is 14.8. The largest absolute Gasteiger partial charge is 0.481 e.